The van der Waals surface area contributed by atoms with Crippen molar-refractivity contribution in [1.29, 1.82) is 0 Å². The predicted octanol–water partition coefficient (Wildman–Crippen LogP) is 3.23. The third-order valence-corrected chi connectivity index (χ3v) is 2.77. The molecule has 0 aliphatic carbocycles. The van der Waals surface area contributed by atoms with Crippen molar-refractivity contribution in [3.8, 4) is 0 Å². The van der Waals surface area contributed by atoms with Gasteiger partial charge in [-0.25, -0.2) is 0 Å². The van der Waals surface area contributed by atoms with E-state index in [-0.39, 0.29) is 16.3 Å². The van der Waals surface area contributed by atoms with E-state index >= 15 is 0 Å². The molecule has 0 radical (unpaired) electrons. The molecule has 0 bridgehead atoms. The molecule has 0 saturated heterocycles. The monoisotopic (exact) mass is 345 g/mol. The van der Waals surface area contributed by atoms with Gasteiger partial charge in [0, 0.05) is 15.7 Å². The van der Waals surface area contributed by atoms with Crippen LogP contribution in [0.5, 0.6) is 0 Å². The number of rotatable bonds is 2. The zero-order chi connectivity index (χ0) is 10.9. The van der Waals surface area contributed by atoms with E-state index in [0.29, 0.717) is 3.57 Å². The second-order valence-corrected chi connectivity index (χ2v) is 4.23. The van der Waals surface area contributed by atoms with Gasteiger partial charge in [0.2, 0.25) is 0 Å². The van der Waals surface area contributed by atoms with Crippen LogP contribution in [-0.4, -0.2) is 10.2 Å². The average molecular weight is 346 g/mol. The Morgan fingerprint density at radius 1 is 1.50 bits per heavy atom. The van der Waals surface area contributed by atoms with E-state index in [2.05, 4.69) is 0 Å². The predicted molar refractivity (Wildman–Crippen MR) is 61.0 cm³/mol. The highest BCUT2D eigenvalue weighted by atomic mass is 127. The minimum absolute atomic E-state index is 0.0106. The number of benzene rings is 1. The summed E-state index contributed by atoms with van der Waals surface area (Å²) in [4.78, 5) is 20.7. The first-order valence-corrected chi connectivity index (χ1v) is 5.10. The van der Waals surface area contributed by atoms with Crippen LogP contribution in [0.15, 0.2) is 12.1 Å². The van der Waals surface area contributed by atoms with Crippen LogP contribution in [0.4, 0.5) is 5.69 Å². The van der Waals surface area contributed by atoms with E-state index in [1.165, 1.54) is 6.07 Å². The molecular formula is C7H2Cl2INO3. The number of carbonyl (C=O) groups excluding carboxylic acids is 1. The number of nitro groups is 1. The Balaban J connectivity index is 3.39. The number of halogens is 3. The highest BCUT2D eigenvalue weighted by molar-refractivity contribution is 14.1. The van der Waals surface area contributed by atoms with Crippen molar-refractivity contribution in [1.82, 2.24) is 0 Å². The Bertz CT molecular complexity index is 398. The second-order valence-electron chi connectivity index (χ2n) is 2.32. The van der Waals surface area contributed by atoms with Crippen LogP contribution in [0.1, 0.15) is 10.4 Å². The summed E-state index contributed by atoms with van der Waals surface area (Å²) < 4.78 is 0.363. The van der Waals surface area contributed by atoms with Crippen molar-refractivity contribution >= 4 is 56.7 Å². The standard InChI is InChI=1S/C7H2Cl2INO3/c8-4-1-3(11(13)14)2-5(10)6(4)7(9)12/h1-2H. The summed E-state index contributed by atoms with van der Waals surface area (Å²) in [6.45, 7) is 0. The van der Waals surface area contributed by atoms with Crippen LogP contribution in [-0.2, 0) is 0 Å². The van der Waals surface area contributed by atoms with Crippen molar-refractivity contribution in [2.75, 3.05) is 0 Å². The highest BCUT2D eigenvalue weighted by Crippen LogP contribution is 2.28. The molecule has 1 aromatic rings. The van der Waals surface area contributed by atoms with Crippen molar-refractivity contribution < 1.29 is 9.72 Å². The number of carbonyl (C=O) groups is 1. The molecule has 1 aromatic carbocycles. The first-order valence-electron chi connectivity index (χ1n) is 3.26. The summed E-state index contributed by atoms with van der Waals surface area (Å²) in [6, 6.07) is 2.33. The van der Waals surface area contributed by atoms with Gasteiger partial charge >= 0.3 is 0 Å². The number of non-ortho nitro benzene ring substituents is 1. The van der Waals surface area contributed by atoms with Gasteiger partial charge in [0.1, 0.15) is 0 Å². The van der Waals surface area contributed by atoms with E-state index in [9.17, 15) is 14.9 Å². The molecule has 0 amide bonds. The normalized spacial score (nSPS) is 9.93. The van der Waals surface area contributed by atoms with Gasteiger partial charge in [-0.2, -0.15) is 0 Å². The third-order valence-electron chi connectivity index (χ3n) is 1.43. The lowest BCUT2D eigenvalue weighted by atomic mass is 10.2. The Labute approximate surface area is 102 Å². The second kappa shape index (κ2) is 4.41. The number of nitro benzene ring substituents is 1. The summed E-state index contributed by atoms with van der Waals surface area (Å²) in [5, 5.41) is 9.67. The van der Waals surface area contributed by atoms with Gasteiger partial charge in [-0.1, -0.05) is 11.6 Å². The first kappa shape index (κ1) is 11.7. The topological polar surface area (TPSA) is 60.2 Å². The lowest BCUT2D eigenvalue weighted by Crippen LogP contribution is -1.97. The van der Waals surface area contributed by atoms with Crippen LogP contribution < -0.4 is 0 Å². The molecule has 0 heterocycles. The Morgan fingerprint density at radius 2 is 2.07 bits per heavy atom. The Morgan fingerprint density at radius 3 is 2.43 bits per heavy atom. The lowest BCUT2D eigenvalue weighted by Gasteiger charge is -2.01. The molecule has 74 valence electrons. The maximum Gasteiger partial charge on any atom is 0.272 e. The van der Waals surface area contributed by atoms with Gasteiger partial charge in [0.05, 0.1) is 15.5 Å². The SMILES string of the molecule is O=C(Cl)c1c(Cl)cc([N+](=O)[O-])cc1I. The number of hydrogen-bond donors (Lipinski definition) is 0. The van der Waals surface area contributed by atoms with E-state index in [4.69, 9.17) is 23.2 Å². The van der Waals surface area contributed by atoms with Crippen molar-refractivity contribution in [2.24, 2.45) is 0 Å². The zero-order valence-electron chi connectivity index (χ0n) is 6.46. The van der Waals surface area contributed by atoms with E-state index in [0.717, 1.165) is 6.07 Å². The first-order chi connectivity index (χ1) is 6.43. The lowest BCUT2D eigenvalue weighted by molar-refractivity contribution is -0.384. The van der Waals surface area contributed by atoms with Crippen LogP contribution in [0.3, 0.4) is 0 Å². The van der Waals surface area contributed by atoms with Crippen LogP contribution in [0, 0.1) is 13.7 Å². The minimum atomic E-state index is -0.728. The molecule has 1 rings (SSSR count). The molecule has 0 aliphatic heterocycles. The summed E-state index contributed by atoms with van der Waals surface area (Å²) in [7, 11) is 0. The summed E-state index contributed by atoms with van der Waals surface area (Å²) in [5.41, 5.74) is -0.0689. The molecule has 0 saturated carbocycles. The number of nitrogens with zero attached hydrogens (tertiary/aromatic N) is 1. The molecule has 7 heteroatoms. The van der Waals surface area contributed by atoms with Crippen LogP contribution in [0.25, 0.3) is 0 Å². The summed E-state index contributed by atoms with van der Waals surface area (Å²) >= 11 is 12.7. The fourth-order valence-corrected chi connectivity index (χ4v) is 2.58. The van der Waals surface area contributed by atoms with Gasteiger partial charge in [-0.3, -0.25) is 14.9 Å². The van der Waals surface area contributed by atoms with Crippen molar-refractivity contribution in [3.63, 3.8) is 0 Å². The zero-order valence-corrected chi connectivity index (χ0v) is 10.1. The van der Waals surface area contributed by atoms with Gasteiger partial charge in [-0.15, -0.1) is 0 Å². The van der Waals surface area contributed by atoms with Crippen LogP contribution >= 0.6 is 45.8 Å². The number of hydrogen-bond acceptors (Lipinski definition) is 3. The maximum atomic E-state index is 10.9. The Hall–Kier alpha value is -0.400. The minimum Gasteiger partial charge on any atom is -0.276 e. The molecule has 0 fully saturated rings. The van der Waals surface area contributed by atoms with Crippen molar-refractivity contribution in [2.45, 2.75) is 0 Å². The average Bonchev–Trinajstić information content (AvgIpc) is 2.01. The highest BCUT2D eigenvalue weighted by Gasteiger charge is 2.17. The van der Waals surface area contributed by atoms with Crippen LogP contribution in [0.2, 0.25) is 5.02 Å². The van der Waals surface area contributed by atoms with Gasteiger partial charge < -0.3 is 0 Å². The molecule has 14 heavy (non-hydrogen) atoms. The molecule has 0 atom stereocenters. The molecule has 0 aromatic heterocycles. The Kier molecular flexibility index (Phi) is 3.68. The molecular weight excluding hydrogens is 344 g/mol. The molecule has 0 aliphatic rings. The van der Waals surface area contributed by atoms with Gasteiger partial charge in [-0.05, 0) is 34.2 Å². The maximum absolute atomic E-state index is 10.9. The van der Waals surface area contributed by atoms with E-state index in [1.807, 2.05) is 0 Å². The fraction of sp³-hybridized carbons (Fsp3) is 0. The summed E-state index contributed by atoms with van der Waals surface area (Å²) in [5.74, 6) is 0. The van der Waals surface area contributed by atoms with Gasteiger partial charge in [0.15, 0.2) is 0 Å². The van der Waals surface area contributed by atoms with E-state index < -0.39 is 10.2 Å². The van der Waals surface area contributed by atoms with Gasteiger partial charge in [0.25, 0.3) is 10.9 Å². The largest absolute Gasteiger partial charge is 0.276 e. The molecule has 0 spiro atoms. The fourth-order valence-electron chi connectivity index (χ4n) is 0.853. The molecule has 4 nitrogen and oxygen atoms in total. The quantitative estimate of drug-likeness (QED) is 0.358. The third kappa shape index (κ3) is 2.34. The molecule has 0 unspecified atom stereocenters. The molecule has 0 N–H and O–H groups in total. The van der Waals surface area contributed by atoms with Crippen molar-refractivity contribution in [3.05, 3.63) is 36.4 Å². The smallest absolute Gasteiger partial charge is 0.272 e. The summed E-state index contributed by atoms with van der Waals surface area (Å²) in [6.07, 6.45) is 0. The van der Waals surface area contributed by atoms with E-state index in [1.54, 1.807) is 22.6 Å².